The standard InChI is InChI=1S/C15H23NO3/c1-3-8-15(10-17,11-18)16-14(19)13-7-5-6-12(4-2)9-13/h5-7,9,17-18H,3-4,8,10-11H2,1-2H3,(H,16,19). The summed E-state index contributed by atoms with van der Waals surface area (Å²) in [5.41, 5.74) is 0.706. The van der Waals surface area contributed by atoms with Gasteiger partial charge in [-0.2, -0.15) is 0 Å². The molecule has 19 heavy (non-hydrogen) atoms. The van der Waals surface area contributed by atoms with Crippen LogP contribution in [0.25, 0.3) is 0 Å². The number of hydrogen-bond acceptors (Lipinski definition) is 3. The number of carbonyl (C=O) groups is 1. The molecule has 1 rings (SSSR count). The smallest absolute Gasteiger partial charge is 0.251 e. The Morgan fingerprint density at radius 2 is 1.95 bits per heavy atom. The second-order valence-electron chi connectivity index (χ2n) is 4.85. The predicted molar refractivity (Wildman–Crippen MR) is 75.1 cm³/mol. The molecule has 0 atom stereocenters. The molecule has 106 valence electrons. The van der Waals surface area contributed by atoms with Crippen LogP contribution in [0, 0.1) is 0 Å². The molecule has 0 heterocycles. The molecule has 0 aliphatic carbocycles. The Kier molecular flexibility index (Phi) is 5.99. The van der Waals surface area contributed by atoms with E-state index in [1.54, 1.807) is 6.07 Å². The minimum absolute atomic E-state index is 0.258. The summed E-state index contributed by atoms with van der Waals surface area (Å²) in [5, 5.41) is 21.6. The Hall–Kier alpha value is -1.39. The average Bonchev–Trinajstić information content (AvgIpc) is 2.46. The van der Waals surface area contributed by atoms with Crippen LogP contribution in [0.1, 0.15) is 42.6 Å². The topological polar surface area (TPSA) is 69.6 Å². The first-order chi connectivity index (χ1) is 9.10. The molecule has 1 amide bonds. The van der Waals surface area contributed by atoms with E-state index in [1.165, 1.54) is 0 Å². The minimum Gasteiger partial charge on any atom is -0.394 e. The third-order valence-electron chi connectivity index (χ3n) is 3.31. The number of rotatable bonds is 7. The molecule has 0 unspecified atom stereocenters. The van der Waals surface area contributed by atoms with Crippen LogP contribution in [-0.4, -0.2) is 34.9 Å². The van der Waals surface area contributed by atoms with E-state index in [-0.39, 0.29) is 19.1 Å². The Morgan fingerprint density at radius 3 is 2.47 bits per heavy atom. The monoisotopic (exact) mass is 265 g/mol. The Labute approximate surface area is 114 Å². The van der Waals surface area contributed by atoms with Gasteiger partial charge in [0.25, 0.3) is 5.91 Å². The lowest BCUT2D eigenvalue weighted by molar-refractivity contribution is 0.0632. The van der Waals surface area contributed by atoms with Gasteiger partial charge in [-0.1, -0.05) is 32.4 Å². The van der Waals surface area contributed by atoms with Crippen LogP contribution in [0.5, 0.6) is 0 Å². The maximum Gasteiger partial charge on any atom is 0.251 e. The number of amides is 1. The summed E-state index contributed by atoms with van der Waals surface area (Å²) >= 11 is 0. The molecule has 3 N–H and O–H groups in total. The SMILES string of the molecule is CCCC(CO)(CO)NC(=O)c1cccc(CC)c1. The number of carbonyl (C=O) groups excluding carboxylic acids is 1. The van der Waals surface area contributed by atoms with Crippen LogP contribution in [0.2, 0.25) is 0 Å². The number of hydrogen-bond donors (Lipinski definition) is 3. The van der Waals surface area contributed by atoms with Crippen molar-refractivity contribution in [2.45, 2.75) is 38.6 Å². The molecule has 1 aromatic rings. The molecule has 0 bridgehead atoms. The van der Waals surface area contributed by atoms with Crippen molar-refractivity contribution in [3.8, 4) is 0 Å². The number of aliphatic hydroxyl groups excluding tert-OH is 2. The van der Waals surface area contributed by atoms with Gasteiger partial charge in [0.15, 0.2) is 0 Å². The van der Waals surface area contributed by atoms with E-state index in [2.05, 4.69) is 5.32 Å². The van der Waals surface area contributed by atoms with Gasteiger partial charge in [0.2, 0.25) is 0 Å². The minimum atomic E-state index is -0.936. The molecule has 0 radical (unpaired) electrons. The van der Waals surface area contributed by atoms with Gasteiger partial charge in [-0.05, 0) is 30.5 Å². The number of nitrogens with one attached hydrogen (secondary N) is 1. The first kappa shape index (κ1) is 15.7. The first-order valence-corrected chi connectivity index (χ1v) is 6.74. The molecular formula is C15H23NO3. The van der Waals surface area contributed by atoms with Gasteiger partial charge in [0, 0.05) is 5.56 Å². The largest absolute Gasteiger partial charge is 0.394 e. The van der Waals surface area contributed by atoms with Crippen molar-refractivity contribution in [2.75, 3.05) is 13.2 Å². The number of benzene rings is 1. The van der Waals surface area contributed by atoms with Crippen LogP contribution in [-0.2, 0) is 6.42 Å². The van der Waals surface area contributed by atoms with Crippen molar-refractivity contribution < 1.29 is 15.0 Å². The lowest BCUT2D eigenvalue weighted by Crippen LogP contribution is -2.54. The summed E-state index contributed by atoms with van der Waals surface area (Å²) in [7, 11) is 0. The second-order valence-corrected chi connectivity index (χ2v) is 4.85. The van der Waals surface area contributed by atoms with Gasteiger partial charge in [0.05, 0.1) is 18.8 Å². The quantitative estimate of drug-likeness (QED) is 0.700. The summed E-state index contributed by atoms with van der Waals surface area (Å²) in [6, 6.07) is 7.38. The highest BCUT2D eigenvalue weighted by Gasteiger charge is 2.29. The third kappa shape index (κ3) is 4.04. The highest BCUT2D eigenvalue weighted by Crippen LogP contribution is 2.14. The fraction of sp³-hybridized carbons (Fsp3) is 0.533. The van der Waals surface area contributed by atoms with Crippen molar-refractivity contribution in [1.29, 1.82) is 0 Å². The molecular weight excluding hydrogens is 242 g/mol. The average molecular weight is 265 g/mol. The molecule has 1 aromatic carbocycles. The number of aliphatic hydroxyl groups is 2. The van der Waals surface area contributed by atoms with Crippen LogP contribution < -0.4 is 5.32 Å². The summed E-state index contributed by atoms with van der Waals surface area (Å²) in [4.78, 5) is 12.2. The van der Waals surface area contributed by atoms with Crippen molar-refractivity contribution in [3.05, 3.63) is 35.4 Å². The lowest BCUT2D eigenvalue weighted by atomic mass is 9.95. The molecule has 4 nitrogen and oxygen atoms in total. The highest BCUT2D eigenvalue weighted by molar-refractivity contribution is 5.94. The molecule has 0 saturated carbocycles. The van der Waals surface area contributed by atoms with Gasteiger partial charge < -0.3 is 15.5 Å². The summed E-state index contributed by atoms with van der Waals surface area (Å²) in [5.74, 6) is -0.258. The van der Waals surface area contributed by atoms with Gasteiger partial charge in [-0.25, -0.2) is 0 Å². The van der Waals surface area contributed by atoms with Crippen molar-refractivity contribution in [3.63, 3.8) is 0 Å². The molecule has 0 aliphatic rings. The van der Waals surface area contributed by atoms with E-state index in [4.69, 9.17) is 0 Å². The van der Waals surface area contributed by atoms with E-state index >= 15 is 0 Å². The van der Waals surface area contributed by atoms with Crippen LogP contribution in [0.15, 0.2) is 24.3 Å². The second kappa shape index (κ2) is 7.26. The summed E-state index contributed by atoms with van der Waals surface area (Å²) < 4.78 is 0. The van der Waals surface area contributed by atoms with Gasteiger partial charge in [0.1, 0.15) is 0 Å². The predicted octanol–water partition coefficient (Wildman–Crippen LogP) is 1.50. The lowest BCUT2D eigenvalue weighted by Gasteiger charge is -2.30. The Morgan fingerprint density at radius 1 is 1.26 bits per heavy atom. The van der Waals surface area contributed by atoms with Crippen LogP contribution in [0.3, 0.4) is 0 Å². The van der Waals surface area contributed by atoms with E-state index in [1.807, 2.05) is 32.0 Å². The normalized spacial score (nSPS) is 11.4. The van der Waals surface area contributed by atoms with E-state index < -0.39 is 5.54 Å². The zero-order chi connectivity index (χ0) is 14.3. The fourth-order valence-electron chi connectivity index (χ4n) is 2.07. The van der Waals surface area contributed by atoms with Crippen molar-refractivity contribution in [2.24, 2.45) is 0 Å². The first-order valence-electron chi connectivity index (χ1n) is 6.74. The zero-order valence-corrected chi connectivity index (χ0v) is 11.6. The molecule has 0 saturated heterocycles. The van der Waals surface area contributed by atoms with Gasteiger partial charge in [-0.3, -0.25) is 4.79 Å². The molecule has 0 spiro atoms. The van der Waals surface area contributed by atoms with Crippen molar-refractivity contribution in [1.82, 2.24) is 5.32 Å². The fourth-order valence-corrected chi connectivity index (χ4v) is 2.07. The van der Waals surface area contributed by atoms with Gasteiger partial charge >= 0.3 is 0 Å². The van der Waals surface area contributed by atoms with E-state index in [0.29, 0.717) is 12.0 Å². The Balaban J connectivity index is 2.87. The Bertz CT molecular complexity index is 414. The molecule has 0 aliphatic heterocycles. The third-order valence-corrected chi connectivity index (χ3v) is 3.31. The van der Waals surface area contributed by atoms with Crippen LogP contribution >= 0.6 is 0 Å². The maximum atomic E-state index is 12.2. The highest BCUT2D eigenvalue weighted by atomic mass is 16.3. The zero-order valence-electron chi connectivity index (χ0n) is 11.6. The molecule has 4 heteroatoms. The summed E-state index contributed by atoms with van der Waals surface area (Å²) in [6.45, 7) is 3.44. The van der Waals surface area contributed by atoms with E-state index in [9.17, 15) is 15.0 Å². The van der Waals surface area contributed by atoms with Crippen LogP contribution in [0.4, 0.5) is 0 Å². The number of aryl methyl sites for hydroxylation is 1. The maximum absolute atomic E-state index is 12.2. The molecule has 0 fully saturated rings. The summed E-state index contributed by atoms with van der Waals surface area (Å²) in [6.07, 6.45) is 2.18. The van der Waals surface area contributed by atoms with Gasteiger partial charge in [-0.15, -0.1) is 0 Å². The van der Waals surface area contributed by atoms with E-state index in [0.717, 1.165) is 18.4 Å². The molecule has 0 aromatic heterocycles. The van der Waals surface area contributed by atoms with Crippen molar-refractivity contribution >= 4 is 5.91 Å².